The summed E-state index contributed by atoms with van der Waals surface area (Å²) < 4.78 is 2.26. The number of rotatable bonds is 3. The number of aliphatic hydroxyl groups is 1. The molecular formula is C18H19NO. The van der Waals surface area contributed by atoms with Crippen LogP contribution in [0.15, 0.2) is 48.7 Å². The van der Waals surface area contributed by atoms with Crippen LogP contribution in [0.25, 0.3) is 10.9 Å². The average Bonchev–Trinajstić information content (AvgIpc) is 2.85. The Labute approximate surface area is 119 Å². The first kappa shape index (κ1) is 12.9. The topological polar surface area (TPSA) is 25.2 Å². The lowest BCUT2D eigenvalue weighted by molar-refractivity contribution is 0.282. The first-order valence-corrected chi connectivity index (χ1v) is 6.92. The summed E-state index contributed by atoms with van der Waals surface area (Å²) in [5.41, 5.74) is 6.15. The quantitative estimate of drug-likeness (QED) is 0.765. The van der Waals surface area contributed by atoms with Gasteiger partial charge < -0.3 is 9.67 Å². The summed E-state index contributed by atoms with van der Waals surface area (Å²) in [4.78, 5) is 0. The van der Waals surface area contributed by atoms with Gasteiger partial charge >= 0.3 is 0 Å². The highest BCUT2D eigenvalue weighted by Gasteiger charge is 2.05. The van der Waals surface area contributed by atoms with E-state index in [4.69, 9.17) is 0 Å². The van der Waals surface area contributed by atoms with Crippen LogP contribution in [0.5, 0.6) is 0 Å². The second kappa shape index (κ2) is 5.14. The molecule has 0 bridgehead atoms. The van der Waals surface area contributed by atoms with Crippen molar-refractivity contribution in [3.63, 3.8) is 0 Å². The van der Waals surface area contributed by atoms with Gasteiger partial charge in [-0.2, -0.15) is 0 Å². The zero-order valence-corrected chi connectivity index (χ0v) is 11.9. The summed E-state index contributed by atoms with van der Waals surface area (Å²) in [6, 6.07) is 14.8. The van der Waals surface area contributed by atoms with Crippen molar-refractivity contribution in [2.24, 2.45) is 0 Å². The number of aromatic nitrogens is 1. The van der Waals surface area contributed by atoms with Crippen molar-refractivity contribution in [3.05, 3.63) is 70.9 Å². The molecule has 0 aliphatic carbocycles. The van der Waals surface area contributed by atoms with Crippen LogP contribution in [0.1, 0.15) is 22.3 Å². The molecule has 2 nitrogen and oxygen atoms in total. The molecule has 0 aliphatic rings. The Balaban J connectivity index is 2.00. The van der Waals surface area contributed by atoms with Crippen molar-refractivity contribution in [2.75, 3.05) is 0 Å². The van der Waals surface area contributed by atoms with Gasteiger partial charge in [0.2, 0.25) is 0 Å². The van der Waals surface area contributed by atoms with Gasteiger partial charge in [0.1, 0.15) is 0 Å². The Kier molecular flexibility index (Phi) is 3.33. The summed E-state index contributed by atoms with van der Waals surface area (Å²) in [6.45, 7) is 5.27. The molecule has 1 N–H and O–H groups in total. The number of benzene rings is 2. The van der Waals surface area contributed by atoms with E-state index in [2.05, 4.69) is 61.0 Å². The van der Waals surface area contributed by atoms with Crippen molar-refractivity contribution in [1.29, 1.82) is 0 Å². The summed E-state index contributed by atoms with van der Waals surface area (Å²) in [6.07, 6.45) is 2.12. The van der Waals surface area contributed by atoms with Crippen molar-refractivity contribution in [3.8, 4) is 0 Å². The number of hydrogen-bond donors (Lipinski definition) is 1. The lowest BCUT2D eigenvalue weighted by Gasteiger charge is -2.10. The van der Waals surface area contributed by atoms with Crippen LogP contribution < -0.4 is 0 Å². The molecule has 0 spiro atoms. The normalized spacial score (nSPS) is 11.2. The van der Waals surface area contributed by atoms with Gasteiger partial charge in [-0.05, 0) is 54.1 Å². The third kappa shape index (κ3) is 2.35. The van der Waals surface area contributed by atoms with Gasteiger partial charge in [-0.15, -0.1) is 0 Å². The minimum Gasteiger partial charge on any atom is -0.392 e. The zero-order valence-electron chi connectivity index (χ0n) is 11.9. The molecule has 0 atom stereocenters. The molecule has 102 valence electrons. The molecule has 0 aliphatic heterocycles. The minimum atomic E-state index is 0.0953. The molecule has 3 aromatic rings. The maximum atomic E-state index is 9.20. The molecule has 0 radical (unpaired) electrons. The summed E-state index contributed by atoms with van der Waals surface area (Å²) in [5, 5.41) is 10.4. The smallest absolute Gasteiger partial charge is 0.0682 e. The highest BCUT2D eigenvalue weighted by atomic mass is 16.3. The molecule has 2 aromatic carbocycles. The number of aryl methyl sites for hydroxylation is 2. The van der Waals surface area contributed by atoms with Gasteiger partial charge in [0.15, 0.2) is 0 Å². The van der Waals surface area contributed by atoms with E-state index >= 15 is 0 Å². The van der Waals surface area contributed by atoms with Crippen molar-refractivity contribution in [2.45, 2.75) is 27.0 Å². The van der Waals surface area contributed by atoms with Crippen LogP contribution in [0.4, 0.5) is 0 Å². The Morgan fingerprint density at radius 3 is 2.65 bits per heavy atom. The number of aliphatic hydroxyl groups excluding tert-OH is 1. The molecular weight excluding hydrogens is 246 g/mol. The van der Waals surface area contributed by atoms with Crippen molar-refractivity contribution >= 4 is 10.9 Å². The van der Waals surface area contributed by atoms with E-state index in [1.165, 1.54) is 27.6 Å². The first-order chi connectivity index (χ1) is 9.67. The van der Waals surface area contributed by atoms with Crippen LogP contribution in [-0.2, 0) is 13.2 Å². The SMILES string of the molecule is Cc1ccc(C)c(Cn2ccc3cc(CO)ccc32)c1. The molecule has 0 saturated heterocycles. The van der Waals surface area contributed by atoms with E-state index in [1.54, 1.807) is 0 Å². The monoisotopic (exact) mass is 265 g/mol. The third-order valence-electron chi connectivity index (χ3n) is 3.86. The molecule has 20 heavy (non-hydrogen) atoms. The van der Waals surface area contributed by atoms with E-state index < -0.39 is 0 Å². The molecule has 3 rings (SSSR count). The van der Waals surface area contributed by atoms with E-state index in [-0.39, 0.29) is 6.61 Å². The standard InChI is InChI=1S/C18H19NO/c1-13-3-4-14(2)17(9-13)11-19-8-7-16-10-15(12-20)5-6-18(16)19/h3-10,20H,11-12H2,1-2H3. The summed E-state index contributed by atoms with van der Waals surface area (Å²) in [7, 11) is 0. The molecule has 1 aromatic heterocycles. The number of fused-ring (bicyclic) bond motifs is 1. The first-order valence-electron chi connectivity index (χ1n) is 6.92. The van der Waals surface area contributed by atoms with Crippen LogP contribution in [0, 0.1) is 13.8 Å². The van der Waals surface area contributed by atoms with Gasteiger partial charge in [-0.3, -0.25) is 0 Å². The predicted octanol–water partition coefficient (Wildman–Crippen LogP) is 3.80. The lowest BCUT2D eigenvalue weighted by atomic mass is 10.1. The van der Waals surface area contributed by atoms with Gasteiger partial charge in [0.05, 0.1) is 6.61 Å². The average molecular weight is 265 g/mol. The van der Waals surface area contributed by atoms with Gasteiger partial charge in [-0.1, -0.05) is 29.8 Å². The number of hydrogen-bond acceptors (Lipinski definition) is 1. The van der Waals surface area contributed by atoms with Gasteiger partial charge in [0.25, 0.3) is 0 Å². The Morgan fingerprint density at radius 1 is 1.00 bits per heavy atom. The highest BCUT2D eigenvalue weighted by molar-refractivity contribution is 5.81. The third-order valence-corrected chi connectivity index (χ3v) is 3.86. The van der Waals surface area contributed by atoms with Gasteiger partial charge in [0, 0.05) is 18.3 Å². The second-order valence-electron chi connectivity index (χ2n) is 5.42. The molecule has 1 heterocycles. The Hall–Kier alpha value is -2.06. The van der Waals surface area contributed by atoms with E-state index in [0.29, 0.717) is 0 Å². The van der Waals surface area contributed by atoms with Crippen molar-refractivity contribution < 1.29 is 5.11 Å². The molecule has 2 heteroatoms. The lowest BCUT2D eigenvalue weighted by Crippen LogP contribution is -2.00. The number of nitrogens with zero attached hydrogens (tertiary/aromatic N) is 1. The minimum absolute atomic E-state index is 0.0953. The van der Waals surface area contributed by atoms with Crippen LogP contribution in [-0.4, -0.2) is 9.67 Å². The second-order valence-corrected chi connectivity index (χ2v) is 5.42. The maximum absolute atomic E-state index is 9.20. The van der Waals surface area contributed by atoms with Crippen molar-refractivity contribution in [1.82, 2.24) is 4.57 Å². The van der Waals surface area contributed by atoms with E-state index in [9.17, 15) is 5.11 Å². The van der Waals surface area contributed by atoms with E-state index in [1.807, 2.05) is 6.07 Å². The largest absolute Gasteiger partial charge is 0.392 e. The Morgan fingerprint density at radius 2 is 1.85 bits per heavy atom. The predicted molar refractivity (Wildman–Crippen MR) is 82.9 cm³/mol. The van der Waals surface area contributed by atoms with E-state index in [0.717, 1.165) is 12.1 Å². The van der Waals surface area contributed by atoms with Crippen LogP contribution in [0.2, 0.25) is 0 Å². The fourth-order valence-electron chi connectivity index (χ4n) is 2.64. The maximum Gasteiger partial charge on any atom is 0.0682 e. The zero-order chi connectivity index (χ0) is 14.1. The summed E-state index contributed by atoms with van der Waals surface area (Å²) >= 11 is 0. The Bertz CT molecular complexity index is 755. The molecule has 0 unspecified atom stereocenters. The molecule has 0 amide bonds. The fraction of sp³-hybridized carbons (Fsp3) is 0.222. The van der Waals surface area contributed by atoms with Crippen LogP contribution in [0.3, 0.4) is 0 Å². The van der Waals surface area contributed by atoms with Crippen LogP contribution >= 0.6 is 0 Å². The highest BCUT2D eigenvalue weighted by Crippen LogP contribution is 2.20. The molecule has 0 saturated carbocycles. The summed E-state index contributed by atoms with van der Waals surface area (Å²) in [5.74, 6) is 0. The van der Waals surface area contributed by atoms with Gasteiger partial charge in [-0.25, -0.2) is 0 Å². The fourth-order valence-corrected chi connectivity index (χ4v) is 2.64. The molecule has 0 fully saturated rings.